The summed E-state index contributed by atoms with van der Waals surface area (Å²) in [4.78, 5) is 8.13. The molecule has 0 bridgehead atoms. The second kappa shape index (κ2) is 13.8. The van der Waals surface area contributed by atoms with Gasteiger partial charge in [0.15, 0.2) is 0 Å². The number of anilines is 1. The Morgan fingerprint density at radius 3 is 2.49 bits per heavy atom. The van der Waals surface area contributed by atoms with E-state index in [1.807, 2.05) is 19.3 Å². The van der Waals surface area contributed by atoms with Crippen LogP contribution in [0.15, 0.2) is 36.0 Å². The van der Waals surface area contributed by atoms with Gasteiger partial charge in [-0.2, -0.15) is 5.10 Å². The zero-order valence-electron chi connectivity index (χ0n) is 24.1. The van der Waals surface area contributed by atoms with Crippen molar-refractivity contribution in [3.05, 3.63) is 42.0 Å². The van der Waals surface area contributed by atoms with Crippen molar-refractivity contribution < 1.29 is 0 Å². The molecule has 2 saturated heterocycles. The van der Waals surface area contributed by atoms with Crippen LogP contribution in [0, 0.1) is 11.3 Å². The van der Waals surface area contributed by atoms with Gasteiger partial charge in [-0.1, -0.05) is 38.8 Å². The molecule has 4 rings (SSSR count). The third-order valence-corrected chi connectivity index (χ3v) is 9.28. The highest BCUT2D eigenvalue weighted by atomic mass is 15.3. The maximum atomic E-state index is 4.35. The quantitative estimate of drug-likeness (QED) is 0.187. The summed E-state index contributed by atoms with van der Waals surface area (Å²) in [6.45, 7) is 18.6. The Hall–Kier alpha value is -1.85. The smallest absolute Gasteiger partial charge is 0.0543 e. The molecule has 5 nitrogen and oxygen atoms in total. The van der Waals surface area contributed by atoms with Crippen LogP contribution < -0.4 is 10.3 Å². The molecule has 1 aromatic carbocycles. The lowest BCUT2D eigenvalue weighted by atomic mass is 9.91. The number of allylic oxidation sites excluding steroid dienone is 1. The van der Waals surface area contributed by atoms with Crippen LogP contribution in [0.25, 0.3) is 0 Å². The van der Waals surface area contributed by atoms with Gasteiger partial charge >= 0.3 is 0 Å². The number of hydrazone groups is 1. The van der Waals surface area contributed by atoms with E-state index in [1.54, 1.807) is 0 Å². The largest absolute Gasteiger partial charge is 0.371 e. The zero-order valence-corrected chi connectivity index (χ0v) is 24.1. The summed E-state index contributed by atoms with van der Waals surface area (Å²) in [6, 6.07) is 7.02. The Morgan fingerprint density at radius 1 is 1.11 bits per heavy atom. The molecule has 1 N–H and O–H groups in total. The molecule has 1 unspecified atom stereocenters. The Morgan fingerprint density at radius 2 is 1.84 bits per heavy atom. The molecule has 0 radical (unpaired) electrons. The minimum Gasteiger partial charge on any atom is -0.371 e. The molecule has 2 aliphatic heterocycles. The molecule has 206 valence electrons. The van der Waals surface area contributed by atoms with Gasteiger partial charge in [0.2, 0.25) is 0 Å². The van der Waals surface area contributed by atoms with Crippen molar-refractivity contribution in [1.29, 1.82) is 0 Å². The van der Waals surface area contributed by atoms with Crippen molar-refractivity contribution in [2.45, 2.75) is 77.6 Å². The summed E-state index contributed by atoms with van der Waals surface area (Å²) in [5.74, 6) is 1.34. The topological polar surface area (TPSA) is 34.1 Å². The third kappa shape index (κ3) is 8.07. The van der Waals surface area contributed by atoms with Gasteiger partial charge in [-0.3, -0.25) is 0 Å². The molecular formula is C32H53N5. The minimum absolute atomic E-state index is 0.503. The Labute approximate surface area is 227 Å². The van der Waals surface area contributed by atoms with E-state index in [0.717, 1.165) is 18.8 Å². The van der Waals surface area contributed by atoms with Crippen molar-refractivity contribution in [1.82, 2.24) is 15.2 Å². The van der Waals surface area contributed by atoms with E-state index >= 15 is 0 Å². The van der Waals surface area contributed by atoms with Crippen LogP contribution >= 0.6 is 0 Å². The van der Waals surface area contributed by atoms with Crippen LogP contribution in [-0.4, -0.2) is 75.4 Å². The molecule has 1 saturated carbocycles. The first kappa shape index (κ1) is 28.2. The van der Waals surface area contributed by atoms with Gasteiger partial charge in [-0.05, 0) is 85.5 Å². The summed E-state index contributed by atoms with van der Waals surface area (Å²) < 4.78 is 0. The van der Waals surface area contributed by atoms with Crippen LogP contribution in [0.3, 0.4) is 0 Å². The van der Waals surface area contributed by atoms with E-state index in [2.05, 4.69) is 63.9 Å². The van der Waals surface area contributed by atoms with Crippen LogP contribution in [0.5, 0.6) is 0 Å². The maximum absolute atomic E-state index is 4.35. The van der Waals surface area contributed by atoms with E-state index in [0.29, 0.717) is 11.3 Å². The highest BCUT2D eigenvalue weighted by molar-refractivity contribution is 5.84. The second-order valence-electron chi connectivity index (χ2n) is 12.2. The Balaban J connectivity index is 1.24. The van der Waals surface area contributed by atoms with E-state index in [-0.39, 0.29) is 0 Å². The summed E-state index contributed by atoms with van der Waals surface area (Å²) >= 11 is 0. The van der Waals surface area contributed by atoms with E-state index in [9.17, 15) is 0 Å². The van der Waals surface area contributed by atoms with Crippen molar-refractivity contribution in [2.24, 2.45) is 16.4 Å². The number of piperidine rings is 1. The van der Waals surface area contributed by atoms with Crippen LogP contribution in [0.4, 0.5) is 5.69 Å². The van der Waals surface area contributed by atoms with Gasteiger partial charge in [-0.25, -0.2) is 0 Å². The van der Waals surface area contributed by atoms with Crippen LogP contribution in [-0.2, 0) is 0 Å². The third-order valence-electron chi connectivity index (χ3n) is 9.28. The molecule has 0 spiro atoms. The van der Waals surface area contributed by atoms with Gasteiger partial charge in [-0.15, -0.1) is 6.58 Å². The average molecular weight is 508 g/mol. The first-order valence-electron chi connectivity index (χ1n) is 15.2. The molecular weight excluding hydrogens is 454 g/mol. The number of nitrogens with zero attached hydrogens (tertiary/aromatic N) is 4. The van der Waals surface area contributed by atoms with Crippen molar-refractivity contribution >= 4 is 11.9 Å². The lowest BCUT2D eigenvalue weighted by molar-refractivity contribution is 0.0954. The number of unbranched alkanes of at least 4 members (excludes halogenated alkanes) is 1. The van der Waals surface area contributed by atoms with Crippen LogP contribution in [0.2, 0.25) is 0 Å². The van der Waals surface area contributed by atoms with Gasteiger partial charge < -0.3 is 20.1 Å². The van der Waals surface area contributed by atoms with Gasteiger partial charge in [0, 0.05) is 65.1 Å². The summed E-state index contributed by atoms with van der Waals surface area (Å²) in [5, 5.41) is 4.35. The number of nitrogens with one attached hydrogen (secondary N) is 1. The van der Waals surface area contributed by atoms with E-state index in [1.165, 1.54) is 114 Å². The summed E-state index contributed by atoms with van der Waals surface area (Å²) in [6.07, 6.45) is 16.0. The molecule has 1 aliphatic carbocycles. The molecule has 1 atom stereocenters. The number of benzene rings is 1. The van der Waals surface area contributed by atoms with Gasteiger partial charge in [0.05, 0.1) is 6.21 Å². The van der Waals surface area contributed by atoms with E-state index in [4.69, 9.17) is 0 Å². The first-order chi connectivity index (χ1) is 18.1. The fraction of sp³-hybridized carbons (Fsp3) is 0.719. The number of piperazine rings is 1. The highest BCUT2D eigenvalue weighted by Gasteiger charge is 2.43. The molecule has 0 aromatic heterocycles. The Kier molecular flexibility index (Phi) is 10.5. The van der Waals surface area contributed by atoms with Crippen LogP contribution in [0.1, 0.15) is 88.7 Å². The fourth-order valence-electron chi connectivity index (χ4n) is 6.54. The fourth-order valence-corrected chi connectivity index (χ4v) is 6.54. The predicted molar refractivity (Wildman–Crippen MR) is 160 cm³/mol. The average Bonchev–Trinajstić information content (AvgIpc) is 3.70. The van der Waals surface area contributed by atoms with Crippen molar-refractivity contribution in [3.8, 4) is 0 Å². The zero-order chi connectivity index (χ0) is 26.1. The molecule has 3 aliphatic rings. The maximum Gasteiger partial charge on any atom is 0.0543 e. The minimum atomic E-state index is 0.503. The predicted octanol–water partition coefficient (Wildman–Crippen LogP) is 6.11. The highest BCUT2D eigenvalue weighted by Crippen LogP contribution is 2.50. The Bertz CT molecular complexity index is 860. The molecule has 37 heavy (non-hydrogen) atoms. The molecule has 5 heteroatoms. The molecule has 1 aromatic rings. The summed E-state index contributed by atoms with van der Waals surface area (Å²) in [5.41, 5.74) is 7.60. The normalized spacial score (nSPS) is 21.9. The number of rotatable bonds is 14. The van der Waals surface area contributed by atoms with E-state index < -0.39 is 0 Å². The standard InChI is InChI=1S/C32H53N5/c1-5-7-9-27(3)31-11-10-30(23-29(31)24-34-33-4)37-17-12-28(13-18-37)25-35-19-21-36(22-20-35)26-32(15-16-32)14-8-6-2/h5,10-11,23-24,27-28,33H,1,6-9,12-22,25-26H2,2-4H3/b34-24-. The van der Waals surface area contributed by atoms with Gasteiger partial charge in [0.1, 0.15) is 0 Å². The molecule has 0 amide bonds. The lowest BCUT2D eigenvalue weighted by Gasteiger charge is -2.40. The SMILES string of the molecule is C=CCCC(C)c1ccc(N2CCC(CN3CCN(CC4(CCCC)CC4)CC3)CC2)cc1/C=N\NC. The second-order valence-corrected chi connectivity index (χ2v) is 12.2. The van der Waals surface area contributed by atoms with Crippen molar-refractivity contribution in [3.63, 3.8) is 0 Å². The number of hydrogen-bond acceptors (Lipinski definition) is 5. The monoisotopic (exact) mass is 507 g/mol. The van der Waals surface area contributed by atoms with Gasteiger partial charge in [0.25, 0.3) is 0 Å². The first-order valence-corrected chi connectivity index (χ1v) is 15.2. The lowest BCUT2D eigenvalue weighted by Crippen LogP contribution is -2.50. The molecule has 3 fully saturated rings. The van der Waals surface area contributed by atoms with Crippen molar-refractivity contribution in [2.75, 3.05) is 64.3 Å². The molecule has 2 heterocycles. The number of hydrogen-bond donors (Lipinski definition) is 1. The summed E-state index contributed by atoms with van der Waals surface area (Å²) in [7, 11) is 1.86.